The fraction of sp³-hybridized carbons (Fsp3) is 0.273. The molecule has 0 spiro atoms. The van der Waals surface area contributed by atoms with Gasteiger partial charge in [0, 0.05) is 0 Å². The number of furan rings is 1. The summed E-state index contributed by atoms with van der Waals surface area (Å²) in [6.07, 6.45) is -0.764. The van der Waals surface area contributed by atoms with Gasteiger partial charge < -0.3 is 25.3 Å². The maximum Gasteiger partial charge on any atom is 0.326 e. The fourth-order valence-corrected chi connectivity index (χ4v) is 1.61. The van der Waals surface area contributed by atoms with Crippen LogP contribution in [0.15, 0.2) is 21.2 Å². The van der Waals surface area contributed by atoms with Crippen LogP contribution in [0.5, 0.6) is 0 Å². The van der Waals surface area contributed by atoms with E-state index in [1.807, 2.05) is 5.32 Å². The fourth-order valence-electron chi connectivity index (χ4n) is 1.30. The highest BCUT2D eigenvalue weighted by Gasteiger charge is 2.23. The highest BCUT2D eigenvalue weighted by Crippen LogP contribution is 2.13. The molecule has 1 unspecified atom stereocenters. The highest BCUT2D eigenvalue weighted by molar-refractivity contribution is 9.10. The Morgan fingerprint density at radius 1 is 1.24 bits per heavy atom. The first-order chi connectivity index (χ1) is 9.79. The van der Waals surface area contributed by atoms with E-state index in [1.54, 1.807) is 0 Å². The Kier molecular flexibility index (Phi) is 5.91. The topological polar surface area (TPSA) is 146 Å². The highest BCUT2D eigenvalue weighted by atomic mass is 79.9. The molecule has 0 saturated carbocycles. The summed E-state index contributed by atoms with van der Waals surface area (Å²) in [5.41, 5.74) is 0. The van der Waals surface area contributed by atoms with E-state index in [9.17, 15) is 19.2 Å². The van der Waals surface area contributed by atoms with E-state index in [0.717, 1.165) is 0 Å². The largest absolute Gasteiger partial charge is 0.481 e. The lowest BCUT2D eigenvalue weighted by atomic mass is 10.2. The van der Waals surface area contributed by atoms with Crippen molar-refractivity contribution in [1.29, 1.82) is 0 Å². The van der Waals surface area contributed by atoms with Crippen molar-refractivity contribution in [1.82, 2.24) is 10.6 Å². The predicted molar refractivity (Wildman–Crippen MR) is 70.6 cm³/mol. The van der Waals surface area contributed by atoms with Crippen LogP contribution >= 0.6 is 15.9 Å². The van der Waals surface area contributed by atoms with Crippen molar-refractivity contribution in [2.24, 2.45) is 0 Å². The van der Waals surface area contributed by atoms with Gasteiger partial charge in [-0.05, 0) is 28.1 Å². The molecule has 10 heteroatoms. The van der Waals surface area contributed by atoms with Gasteiger partial charge in [0.2, 0.25) is 5.91 Å². The van der Waals surface area contributed by atoms with Gasteiger partial charge in [0.05, 0.1) is 13.0 Å². The van der Waals surface area contributed by atoms with Crippen molar-refractivity contribution in [3.05, 3.63) is 22.6 Å². The third kappa shape index (κ3) is 5.65. The van der Waals surface area contributed by atoms with E-state index >= 15 is 0 Å². The van der Waals surface area contributed by atoms with Gasteiger partial charge in [-0.1, -0.05) is 0 Å². The van der Waals surface area contributed by atoms with Gasteiger partial charge >= 0.3 is 11.9 Å². The first-order valence-corrected chi connectivity index (χ1v) is 6.36. The molecule has 0 radical (unpaired) electrons. The Balaban J connectivity index is 2.47. The molecule has 0 saturated heterocycles. The van der Waals surface area contributed by atoms with Crippen LogP contribution in [0.1, 0.15) is 17.0 Å². The zero-order valence-corrected chi connectivity index (χ0v) is 12.0. The minimum absolute atomic E-state index is 0.0324. The SMILES string of the molecule is O=C(O)CC(NC(=O)CNC(=O)c1ccc(Br)o1)C(=O)O. The number of halogens is 1. The lowest BCUT2D eigenvalue weighted by molar-refractivity contribution is -0.147. The number of carbonyl (C=O) groups is 4. The van der Waals surface area contributed by atoms with Crippen LogP contribution in [-0.4, -0.2) is 46.6 Å². The van der Waals surface area contributed by atoms with E-state index in [2.05, 4.69) is 21.2 Å². The standard InChI is InChI=1S/C11H11BrN2O7/c12-7-2-1-6(21-7)10(18)13-4-8(15)14-5(11(19)20)3-9(16)17/h1-2,5H,3-4H2,(H,13,18)(H,14,15)(H,16,17)(H,19,20). The number of carboxylic acid groups (broad SMARTS) is 2. The van der Waals surface area contributed by atoms with Gasteiger partial charge in [-0.15, -0.1) is 0 Å². The van der Waals surface area contributed by atoms with Crippen molar-refractivity contribution in [3.8, 4) is 0 Å². The first kappa shape index (κ1) is 16.7. The van der Waals surface area contributed by atoms with E-state index in [-0.39, 0.29) is 5.76 Å². The van der Waals surface area contributed by atoms with Crippen molar-refractivity contribution in [3.63, 3.8) is 0 Å². The summed E-state index contributed by atoms with van der Waals surface area (Å²) in [7, 11) is 0. The molecule has 2 amide bonds. The molecular weight excluding hydrogens is 352 g/mol. The second-order valence-electron chi connectivity index (χ2n) is 3.84. The maximum atomic E-state index is 11.5. The van der Waals surface area contributed by atoms with Crippen LogP contribution in [0.4, 0.5) is 0 Å². The molecule has 0 fully saturated rings. The summed E-state index contributed by atoms with van der Waals surface area (Å²) in [6.45, 7) is -0.513. The monoisotopic (exact) mass is 362 g/mol. The van der Waals surface area contributed by atoms with E-state index < -0.39 is 42.8 Å². The third-order valence-corrected chi connectivity index (χ3v) is 2.64. The minimum Gasteiger partial charge on any atom is -0.481 e. The molecule has 1 heterocycles. The number of hydrogen-bond acceptors (Lipinski definition) is 5. The molecule has 1 aromatic rings. The van der Waals surface area contributed by atoms with Crippen molar-refractivity contribution >= 4 is 39.7 Å². The van der Waals surface area contributed by atoms with Crippen molar-refractivity contribution in [2.75, 3.05) is 6.54 Å². The smallest absolute Gasteiger partial charge is 0.326 e. The Labute approximate surface area is 126 Å². The quantitative estimate of drug-likeness (QED) is 0.525. The minimum atomic E-state index is -1.57. The van der Waals surface area contributed by atoms with E-state index in [1.165, 1.54) is 12.1 Å². The van der Waals surface area contributed by atoms with Gasteiger partial charge in [-0.25, -0.2) is 4.79 Å². The lowest BCUT2D eigenvalue weighted by Gasteiger charge is -2.12. The molecule has 21 heavy (non-hydrogen) atoms. The van der Waals surface area contributed by atoms with Gasteiger partial charge in [0.15, 0.2) is 10.4 Å². The van der Waals surface area contributed by atoms with Crippen LogP contribution in [0.2, 0.25) is 0 Å². The van der Waals surface area contributed by atoms with Crippen LogP contribution in [0, 0.1) is 0 Å². The molecule has 0 bridgehead atoms. The molecular formula is C11H11BrN2O7. The molecule has 1 rings (SSSR count). The number of carboxylic acids is 2. The Hall–Kier alpha value is -2.36. The number of hydrogen-bond donors (Lipinski definition) is 4. The van der Waals surface area contributed by atoms with Gasteiger partial charge in [-0.3, -0.25) is 14.4 Å². The Morgan fingerprint density at radius 3 is 2.38 bits per heavy atom. The number of aliphatic carboxylic acids is 2. The molecule has 0 aliphatic heterocycles. The molecule has 0 aliphatic rings. The van der Waals surface area contributed by atoms with Gasteiger partial charge in [0.1, 0.15) is 6.04 Å². The molecule has 0 aliphatic carbocycles. The summed E-state index contributed by atoms with van der Waals surface area (Å²) in [5, 5.41) is 21.4. The Morgan fingerprint density at radius 2 is 1.90 bits per heavy atom. The Bertz CT molecular complexity index is 569. The summed E-state index contributed by atoms with van der Waals surface area (Å²) in [5.74, 6) is -4.38. The summed E-state index contributed by atoms with van der Waals surface area (Å²) in [4.78, 5) is 44.2. The average molecular weight is 363 g/mol. The molecule has 1 atom stereocenters. The van der Waals surface area contributed by atoms with E-state index in [0.29, 0.717) is 4.67 Å². The summed E-state index contributed by atoms with van der Waals surface area (Å²) < 4.78 is 5.29. The van der Waals surface area contributed by atoms with E-state index in [4.69, 9.17) is 14.6 Å². The van der Waals surface area contributed by atoms with Gasteiger partial charge in [-0.2, -0.15) is 0 Å². The van der Waals surface area contributed by atoms with Crippen molar-refractivity contribution < 1.29 is 33.8 Å². The molecule has 0 aromatic carbocycles. The number of rotatable bonds is 7. The molecule has 9 nitrogen and oxygen atoms in total. The zero-order chi connectivity index (χ0) is 16.0. The predicted octanol–water partition coefficient (Wildman–Crippen LogP) is -0.184. The second-order valence-corrected chi connectivity index (χ2v) is 4.62. The maximum absolute atomic E-state index is 11.5. The van der Waals surface area contributed by atoms with Gasteiger partial charge in [0.25, 0.3) is 5.91 Å². The zero-order valence-electron chi connectivity index (χ0n) is 10.5. The average Bonchev–Trinajstić information content (AvgIpc) is 2.81. The van der Waals surface area contributed by atoms with Crippen molar-refractivity contribution in [2.45, 2.75) is 12.5 Å². The summed E-state index contributed by atoms with van der Waals surface area (Å²) in [6, 6.07) is 1.30. The van der Waals surface area contributed by atoms with Crippen LogP contribution in [0.25, 0.3) is 0 Å². The van der Waals surface area contributed by atoms with Crippen LogP contribution < -0.4 is 10.6 Å². The number of amides is 2. The first-order valence-electron chi connectivity index (χ1n) is 5.57. The number of nitrogens with one attached hydrogen (secondary N) is 2. The number of carbonyl (C=O) groups excluding carboxylic acids is 2. The molecule has 1 aromatic heterocycles. The second kappa shape index (κ2) is 7.43. The summed E-state index contributed by atoms with van der Waals surface area (Å²) >= 11 is 3.01. The van der Waals surface area contributed by atoms with Crippen LogP contribution in [0.3, 0.4) is 0 Å². The third-order valence-electron chi connectivity index (χ3n) is 2.22. The van der Waals surface area contributed by atoms with Crippen LogP contribution in [-0.2, 0) is 14.4 Å². The molecule has 114 valence electrons. The normalized spacial score (nSPS) is 11.5. The lowest BCUT2D eigenvalue weighted by Crippen LogP contribution is -2.46. The molecule has 4 N–H and O–H groups in total.